The van der Waals surface area contributed by atoms with E-state index in [4.69, 9.17) is 20.4 Å². The summed E-state index contributed by atoms with van der Waals surface area (Å²) in [6.07, 6.45) is 8.40. The summed E-state index contributed by atoms with van der Waals surface area (Å²) in [5.74, 6) is 1.22. The Kier molecular flexibility index (Phi) is 4.66. The van der Waals surface area contributed by atoms with Crippen molar-refractivity contribution in [1.29, 1.82) is 0 Å². The Hall–Kier alpha value is -4.13. The summed E-state index contributed by atoms with van der Waals surface area (Å²) in [5.41, 5.74) is 12.4. The maximum absolute atomic E-state index is 6.38. The smallest absolute Gasteiger partial charge is 0.157 e. The molecule has 7 heteroatoms. The fourth-order valence-corrected chi connectivity index (χ4v) is 4.48. The summed E-state index contributed by atoms with van der Waals surface area (Å²) in [6, 6.07) is 12.3. The SMILES string of the molecule is COc1c(C)cc(C2(c3cccc(-c4cnccn4)c3)N=C(N)c3nccnc32)cc1C. The fraction of sp³-hybridized carbons (Fsp3) is 0.160. The minimum Gasteiger partial charge on any atom is -0.496 e. The monoisotopic (exact) mass is 422 g/mol. The number of ether oxygens (including phenoxy) is 1. The Balaban J connectivity index is 1.82. The number of methoxy groups -OCH3 is 1. The summed E-state index contributed by atoms with van der Waals surface area (Å²) in [6.45, 7) is 4.05. The molecule has 0 radical (unpaired) electrons. The van der Waals surface area contributed by atoms with Crippen molar-refractivity contribution in [1.82, 2.24) is 19.9 Å². The lowest BCUT2D eigenvalue weighted by molar-refractivity contribution is 0.408. The molecule has 2 aromatic heterocycles. The van der Waals surface area contributed by atoms with Gasteiger partial charge in [-0.1, -0.05) is 18.2 Å². The van der Waals surface area contributed by atoms with Crippen LogP contribution in [0, 0.1) is 13.8 Å². The molecule has 2 aromatic carbocycles. The van der Waals surface area contributed by atoms with E-state index in [1.165, 1.54) is 0 Å². The maximum Gasteiger partial charge on any atom is 0.157 e. The van der Waals surface area contributed by atoms with Gasteiger partial charge < -0.3 is 10.5 Å². The molecule has 0 amide bonds. The van der Waals surface area contributed by atoms with E-state index in [0.29, 0.717) is 17.2 Å². The third-order valence-corrected chi connectivity index (χ3v) is 5.79. The highest BCUT2D eigenvalue weighted by Crippen LogP contribution is 2.46. The highest BCUT2D eigenvalue weighted by atomic mass is 16.5. The molecule has 0 spiro atoms. The Morgan fingerprint density at radius 2 is 1.62 bits per heavy atom. The summed E-state index contributed by atoms with van der Waals surface area (Å²) in [4.78, 5) is 22.8. The van der Waals surface area contributed by atoms with E-state index in [9.17, 15) is 0 Å². The maximum atomic E-state index is 6.38. The van der Waals surface area contributed by atoms with Crippen LogP contribution in [0.4, 0.5) is 0 Å². The number of rotatable bonds is 4. The molecule has 0 fully saturated rings. The van der Waals surface area contributed by atoms with Gasteiger partial charge in [0, 0.05) is 30.4 Å². The minimum absolute atomic E-state index is 0.365. The Morgan fingerprint density at radius 1 is 0.875 bits per heavy atom. The first kappa shape index (κ1) is 19.8. The molecule has 0 aliphatic carbocycles. The van der Waals surface area contributed by atoms with Crippen LogP contribution < -0.4 is 10.5 Å². The molecule has 0 saturated carbocycles. The van der Waals surface area contributed by atoms with Gasteiger partial charge in [-0.3, -0.25) is 15.0 Å². The molecule has 5 rings (SSSR count). The number of aromatic nitrogens is 4. The molecule has 7 nitrogen and oxygen atoms in total. The number of amidine groups is 1. The third kappa shape index (κ3) is 2.93. The van der Waals surface area contributed by atoms with Crippen molar-refractivity contribution < 1.29 is 4.74 Å². The molecule has 0 saturated heterocycles. The Morgan fingerprint density at radius 3 is 2.34 bits per heavy atom. The molecule has 3 heterocycles. The average Bonchev–Trinajstić information content (AvgIpc) is 3.13. The number of benzene rings is 2. The standard InChI is InChI=1S/C25H22N6O/c1-15-11-19(12-16(2)22(15)32-3)25(23-21(24(26)31-25)29-9-10-30-23)18-6-4-5-17(13-18)20-14-27-7-8-28-20/h4-14H,1-3H3,(H2,26,31). The van der Waals surface area contributed by atoms with E-state index in [1.807, 2.05) is 32.0 Å². The third-order valence-electron chi connectivity index (χ3n) is 5.79. The van der Waals surface area contributed by atoms with Crippen molar-refractivity contribution in [2.45, 2.75) is 19.4 Å². The van der Waals surface area contributed by atoms with Gasteiger partial charge in [-0.15, -0.1) is 0 Å². The quantitative estimate of drug-likeness (QED) is 0.540. The van der Waals surface area contributed by atoms with Gasteiger partial charge in [-0.05, 0) is 54.3 Å². The zero-order valence-electron chi connectivity index (χ0n) is 18.1. The number of aryl methyl sites for hydroxylation is 2. The van der Waals surface area contributed by atoms with Gasteiger partial charge in [-0.2, -0.15) is 0 Å². The molecule has 2 N–H and O–H groups in total. The minimum atomic E-state index is -0.937. The summed E-state index contributed by atoms with van der Waals surface area (Å²) in [5, 5.41) is 0. The summed E-state index contributed by atoms with van der Waals surface area (Å²) in [7, 11) is 1.68. The van der Waals surface area contributed by atoms with Crippen molar-refractivity contribution in [2.75, 3.05) is 7.11 Å². The number of hydrogen-bond acceptors (Lipinski definition) is 7. The normalized spacial score (nSPS) is 17.0. The number of nitrogens with zero attached hydrogens (tertiary/aromatic N) is 5. The molecule has 32 heavy (non-hydrogen) atoms. The van der Waals surface area contributed by atoms with E-state index in [0.717, 1.165) is 39.3 Å². The first-order valence-electron chi connectivity index (χ1n) is 10.2. The first-order valence-corrected chi connectivity index (χ1v) is 10.2. The fourth-order valence-electron chi connectivity index (χ4n) is 4.48. The van der Waals surface area contributed by atoms with Crippen molar-refractivity contribution in [3.63, 3.8) is 0 Å². The van der Waals surface area contributed by atoms with Crippen LogP contribution in [0.25, 0.3) is 11.3 Å². The lowest BCUT2D eigenvalue weighted by Crippen LogP contribution is -2.27. The van der Waals surface area contributed by atoms with Gasteiger partial charge in [0.15, 0.2) is 5.54 Å². The van der Waals surface area contributed by atoms with Crippen LogP contribution in [0.1, 0.15) is 33.6 Å². The van der Waals surface area contributed by atoms with Crippen molar-refractivity contribution in [3.05, 3.63) is 101 Å². The van der Waals surface area contributed by atoms with Crippen LogP contribution in [0.5, 0.6) is 5.75 Å². The number of fused-ring (bicyclic) bond motifs is 1. The van der Waals surface area contributed by atoms with Crippen LogP contribution >= 0.6 is 0 Å². The number of aliphatic imine (C=N–C) groups is 1. The van der Waals surface area contributed by atoms with Crippen LogP contribution in [-0.4, -0.2) is 32.9 Å². The largest absolute Gasteiger partial charge is 0.496 e. The zero-order chi connectivity index (χ0) is 22.3. The lowest BCUT2D eigenvalue weighted by Gasteiger charge is -2.29. The average molecular weight is 422 g/mol. The van der Waals surface area contributed by atoms with Crippen LogP contribution in [0.2, 0.25) is 0 Å². The van der Waals surface area contributed by atoms with Crippen LogP contribution in [0.3, 0.4) is 0 Å². The zero-order valence-corrected chi connectivity index (χ0v) is 18.1. The van der Waals surface area contributed by atoms with E-state index >= 15 is 0 Å². The van der Waals surface area contributed by atoms with Gasteiger partial charge in [0.25, 0.3) is 0 Å². The highest BCUT2D eigenvalue weighted by Gasteiger charge is 2.45. The van der Waals surface area contributed by atoms with E-state index in [2.05, 4.69) is 33.2 Å². The Bertz CT molecular complexity index is 1330. The summed E-state index contributed by atoms with van der Waals surface area (Å²) >= 11 is 0. The van der Waals surface area contributed by atoms with Gasteiger partial charge in [0.05, 0.1) is 19.0 Å². The second-order valence-electron chi connectivity index (χ2n) is 7.78. The molecule has 1 atom stereocenters. The predicted molar refractivity (Wildman–Crippen MR) is 123 cm³/mol. The molecule has 1 unspecified atom stereocenters. The van der Waals surface area contributed by atoms with Gasteiger partial charge >= 0.3 is 0 Å². The van der Waals surface area contributed by atoms with E-state index in [1.54, 1.807) is 38.1 Å². The van der Waals surface area contributed by atoms with Crippen molar-refractivity contribution in [3.8, 4) is 17.0 Å². The summed E-state index contributed by atoms with van der Waals surface area (Å²) < 4.78 is 5.60. The lowest BCUT2D eigenvalue weighted by atomic mass is 9.79. The van der Waals surface area contributed by atoms with Gasteiger partial charge in [0.1, 0.15) is 23.0 Å². The Labute approximate surface area is 186 Å². The van der Waals surface area contributed by atoms with Crippen molar-refractivity contribution >= 4 is 5.84 Å². The van der Waals surface area contributed by atoms with Crippen molar-refractivity contribution in [2.24, 2.45) is 10.7 Å². The van der Waals surface area contributed by atoms with Crippen LogP contribution in [-0.2, 0) is 5.54 Å². The predicted octanol–water partition coefficient (Wildman–Crippen LogP) is 3.57. The van der Waals surface area contributed by atoms with Gasteiger partial charge in [0.2, 0.25) is 0 Å². The molecular weight excluding hydrogens is 400 g/mol. The highest BCUT2D eigenvalue weighted by molar-refractivity contribution is 6.01. The second-order valence-corrected chi connectivity index (χ2v) is 7.78. The van der Waals surface area contributed by atoms with E-state index in [-0.39, 0.29) is 0 Å². The molecule has 158 valence electrons. The van der Waals surface area contributed by atoms with E-state index < -0.39 is 5.54 Å². The molecule has 4 aromatic rings. The number of nitrogens with two attached hydrogens (primary N) is 1. The van der Waals surface area contributed by atoms with Crippen LogP contribution in [0.15, 0.2) is 72.4 Å². The molecule has 0 bridgehead atoms. The van der Waals surface area contributed by atoms with Gasteiger partial charge in [-0.25, -0.2) is 9.98 Å². The molecule has 1 aliphatic heterocycles. The molecule has 1 aliphatic rings. The topological polar surface area (TPSA) is 99.2 Å². The second kappa shape index (κ2) is 7.53. The molecular formula is C25H22N6O. The first-order chi connectivity index (χ1) is 15.5. The number of hydrogen-bond donors (Lipinski definition) is 1.